The van der Waals surface area contributed by atoms with E-state index in [4.69, 9.17) is 16.3 Å². The second-order valence-corrected chi connectivity index (χ2v) is 8.59. The lowest BCUT2D eigenvalue weighted by atomic mass is 10.1. The SMILES string of the molecule is O=S(=O)(c1cnc(Cl)c(C(F)(F)F)c1)N1CCN(C2CCOCC2)CC1. The van der Waals surface area contributed by atoms with Gasteiger partial charge in [0.25, 0.3) is 0 Å². The molecule has 0 aromatic carbocycles. The predicted octanol–water partition coefficient (Wildman–Crippen LogP) is 2.24. The molecule has 3 heterocycles. The van der Waals surface area contributed by atoms with Gasteiger partial charge in [0.1, 0.15) is 10.0 Å². The molecule has 6 nitrogen and oxygen atoms in total. The maximum atomic E-state index is 13.0. The van der Waals surface area contributed by atoms with Crippen molar-refractivity contribution in [3.8, 4) is 0 Å². The molecule has 0 saturated carbocycles. The highest BCUT2D eigenvalue weighted by atomic mass is 35.5. The molecule has 0 spiro atoms. The first-order chi connectivity index (χ1) is 12.2. The van der Waals surface area contributed by atoms with Crippen molar-refractivity contribution < 1.29 is 26.3 Å². The number of ether oxygens (including phenoxy) is 1. The first kappa shape index (κ1) is 19.8. The number of aromatic nitrogens is 1. The molecule has 0 N–H and O–H groups in total. The van der Waals surface area contributed by atoms with E-state index in [-0.39, 0.29) is 13.1 Å². The Bertz CT molecular complexity index is 746. The molecule has 11 heteroatoms. The number of piperazine rings is 1. The van der Waals surface area contributed by atoms with E-state index in [0.717, 1.165) is 19.0 Å². The second-order valence-electron chi connectivity index (χ2n) is 6.29. The zero-order valence-electron chi connectivity index (χ0n) is 13.9. The largest absolute Gasteiger partial charge is 0.419 e. The third kappa shape index (κ3) is 4.14. The van der Waals surface area contributed by atoms with Crippen LogP contribution in [0.25, 0.3) is 0 Å². The van der Waals surface area contributed by atoms with Crippen molar-refractivity contribution in [2.24, 2.45) is 0 Å². The van der Waals surface area contributed by atoms with Crippen LogP contribution in [0.4, 0.5) is 13.2 Å². The molecule has 0 radical (unpaired) electrons. The molecule has 1 aromatic heterocycles. The minimum absolute atomic E-state index is 0.226. The molecular weight excluding hydrogens is 395 g/mol. The molecule has 0 aliphatic carbocycles. The van der Waals surface area contributed by atoms with Gasteiger partial charge in [-0.1, -0.05) is 11.6 Å². The Labute approximate surface area is 154 Å². The quantitative estimate of drug-likeness (QED) is 0.711. The van der Waals surface area contributed by atoms with Crippen LogP contribution >= 0.6 is 11.6 Å². The van der Waals surface area contributed by atoms with E-state index in [2.05, 4.69) is 9.88 Å². The zero-order chi connectivity index (χ0) is 18.9. The summed E-state index contributed by atoms with van der Waals surface area (Å²) in [5.74, 6) is 0. The van der Waals surface area contributed by atoms with E-state index in [1.807, 2.05) is 0 Å². The summed E-state index contributed by atoms with van der Waals surface area (Å²) in [5.41, 5.74) is -1.25. The molecule has 0 amide bonds. The average Bonchev–Trinajstić information content (AvgIpc) is 2.62. The normalized spacial score (nSPS) is 21.8. The molecule has 3 rings (SSSR count). The first-order valence-electron chi connectivity index (χ1n) is 8.24. The third-order valence-corrected chi connectivity index (χ3v) is 6.90. The van der Waals surface area contributed by atoms with Crippen LogP contribution in [0.15, 0.2) is 17.2 Å². The van der Waals surface area contributed by atoms with Gasteiger partial charge in [-0.05, 0) is 18.9 Å². The summed E-state index contributed by atoms with van der Waals surface area (Å²) in [5, 5.41) is -0.763. The Morgan fingerprint density at radius 2 is 1.77 bits per heavy atom. The molecule has 0 unspecified atom stereocenters. The summed E-state index contributed by atoms with van der Waals surface area (Å²) in [7, 11) is -4.05. The van der Waals surface area contributed by atoms with E-state index in [1.54, 1.807) is 0 Å². The Morgan fingerprint density at radius 1 is 1.15 bits per heavy atom. The van der Waals surface area contributed by atoms with Gasteiger partial charge in [0.2, 0.25) is 10.0 Å². The van der Waals surface area contributed by atoms with Gasteiger partial charge in [-0.2, -0.15) is 17.5 Å². The van der Waals surface area contributed by atoms with Crippen LogP contribution in [0.1, 0.15) is 18.4 Å². The summed E-state index contributed by atoms with van der Waals surface area (Å²) in [6, 6.07) is 0.915. The lowest BCUT2D eigenvalue weighted by molar-refractivity contribution is -0.137. The van der Waals surface area contributed by atoms with Gasteiger partial charge in [0.05, 0.1) is 5.56 Å². The van der Waals surface area contributed by atoms with E-state index in [0.29, 0.717) is 38.4 Å². The molecule has 2 aliphatic heterocycles. The monoisotopic (exact) mass is 413 g/mol. The number of halogens is 4. The van der Waals surface area contributed by atoms with Gasteiger partial charge in [-0.3, -0.25) is 4.90 Å². The highest BCUT2D eigenvalue weighted by Crippen LogP contribution is 2.35. The number of hydrogen-bond donors (Lipinski definition) is 0. The second kappa shape index (κ2) is 7.59. The molecular formula is C15H19ClF3N3O3S. The molecule has 1 aromatic rings. The highest BCUT2D eigenvalue weighted by Gasteiger charge is 2.37. The maximum absolute atomic E-state index is 13.0. The van der Waals surface area contributed by atoms with Crippen molar-refractivity contribution >= 4 is 21.6 Å². The molecule has 2 aliphatic rings. The molecule has 2 saturated heterocycles. The van der Waals surface area contributed by atoms with E-state index >= 15 is 0 Å². The minimum atomic E-state index is -4.77. The fourth-order valence-electron chi connectivity index (χ4n) is 3.28. The van der Waals surface area contributed by atoms with Crippen LogP contribution in [-0.4, -0.2) is 68.0 Å². The smallest absolute Gasteiger partial charge is 0.381 e. The van der Waals surface area contributed by atoms with E-state index < -0.39 is 31.8 Å². The van der Waals surface area contributed by atoms with Crippen molar-refractivity contribution in [1.82, 2.24) is 14.2 Å². The number of pyridine rings is 1. The maximum Gasteiger partial charge on any atom is 0.419 e. The predicted molar refractivity (Wildman–Crippen MR) is 88.4 cm³/mol. The zero-order valence-corrected chi connectivity index (χ0v) is 15.4. The number of rotatable bonds is 3. The third-order valence-electron chi connectivity index (χ3n) is 4.74. The Morgan fingerprint density at radius 3 is 2.35 bits per heavy atom. The van der Waals surface area contributed by atoms with Crippen LogP contribution in [-0.2, 0) is 20.9 Å². The Hall–Kier alpha value is -0.940. The Kier molecular flexibility index (Phi) is 5.78. The van der Waals surface area contributed by atoms with Gasteiger partial charge in [-0.15, -0.1) is 0 Å². The highest BCUT2D eigenvalue weighted by molar-refractivity contribution is 7.89. The summed E-state index contributed by atoms with van der Waals surface area (Å²) >= 11 is 5.47. The van der Waals surface area contributed by atoms with E-state index in [1.165, 1.54) is 4.31 Å². The molecule has 0 atom stereocenters. The number of sulfonamides is 1. The van der Waals surface area contributed by atoms with Crippen LogP contribution < -0.4 is 0 Å². The van der Waals surface area contributed by atoms with Crippen LogP contribution in [0.2, 0.25) is 5.15 Å². The van der Waals surface area contributed by atoms with Crippen molar-refractivity contribution in [3.63, 3.8) is 0 Å². The topological polar surface area (TPSA) is 62.7 Å². The van der Waals surface area contributed by atoms with Gasteiger partial charge in [0, 0.05) is 51.6 Å². The lowest BCUT2D eigenvalue weighted by Crippen LogP contribution is -2.52. The van der Waals surface area contributed by atoms with Crippen LogP contribution in [0.5, 0.6) is 0 Å². The van der Waals surface area contributed by atoms with Crippen LogP contribution in [0.3, 0.4) is 0 Å². The van der Waals surface area contributed by atoms with E-state index in [9.17, 15) is 21.6 Å². The van der Waals surface area contributed by atoms with Gasteiger partial charge >= 0.3 is 6.18 Å². The summed E-state index contributed by atoms with van der Waals surface area (Å²) in [4.78, 5) is 5.14. The number of alkyl halides is 3. The van der Waals surface area contributed by atoms with Gasteiger partial charge in [0.15, 0.2) is 0 Å². The van der Waals surface area contributed by atoms with Crippen molar-refractivity contribution in [3.05, 3.63) is 23.0 Å². The van der Waals surface area contributed by atoms with Crippen molar-refractivity contribution in [2.75, 3.05) is 39.4 Å². The molecule has 26 heavy (non-hydrogen) atoms. The average molecular weight is 414 g/mol. The summed E-state index contributed by atoms with van der Waals surface area (Å²) < 4.78 is 70.8. The molecule has 2 fully saturated rings. The summed E-state index contributed by atoms with van der Waals surface area (Å²) in [6.45, 7) is 2.92. The minimum Gasteiger partial charge on any atom is -0.381 e. The number of nitrogens with zero attached hydrogens (tertiary/aromatic N) is 3. The fraction of sp³-hybridized carbons (Fsp3) is 0.667. The van der Waals surface area contributed by atoms with Gasteiger partial charge in [-0.25, -0.2) is 13.4 Å². The summed E-state index contributed by atoms with van der Waals surface area (Å²) in [6.07, 6.45) is -2.08. The lowest BCUT2D eigenvalue weighted by Gasteiger charge is -2.40. The van der Waals surface area contributed by atoms with Crippen LogP contribution in [0, 0.1) is 0 Å². The molecule has 146 valence electrons. The van der Waals surface area contributed by atoms with Crippen molar-refractivity contribution in [1.29, 1.82) is 0 Å². The van der Waals surface area contributed by atoms with Crippen molar-refractivity contribution in [2.45, 2.75) is 30.0 Å². The first-order valence-corrected chi connectivity index (χ1v) is 10.1. The standard InChI is InChI=1S/C15H19ClF3N3O3S/c16-14-13(15(17,18)19)9-12(10-20-14)26(23,24)22-5-3-21(4-6-22)11-1-7-25-8-2-11/h9-11H,1-8H2. The Balaban J connectivity index is 1.73. The number of hydrogen-bond acceptors (Lipinski definition) is 5. The van der Waals surface area contributed by atoms with Gasteiger partial charge < -0.3 is 4.74 Å². The fourth-order valence-corrected chi connectivity index (χ4v) is 4.88. The molecule has 0 bridgehead atoms.